The lowest BCUT2D eigenvalue weighted by Gasteiger charge is -2.55. The van der Waals surface area contributed by atoms with Crippen LogP contribution in [0.25, 0.3) is 6.08 Å². The van der Waals surface area contributed by atoms with Gasteiger partial charge in [-0.25, -0.2) is 0 Å². The standard InChI is InChI=1S/C19H24OS/c1-12-5-17(13(2)21-12)3-4-18(20)19-9-14-6-15(10-19)8-16(7-14)11-19/h3-5,14-16H,6-11H2,1-2H3/b4-3+. The minimum Gasteiger partial charge on any atom is -0.294 e. The summed E-state index contributed by atoms with van der Waals surface area (Å²) >= 11 is 1.82. The van der Waals surface area contributed by atoms with E-state index in [2.05, 4.69) is 26.0 Å². The molecular formula is C19H24OS. The number of allylic oxidation sites excluding steroid dienone is 1. The third kappa shape index (κ3) is 2.32. The van der Waals surface area contributed by atoms with Gasteiger partial charge in [-0.15, -0.1) is 11.3 Å². The SMILES string of the molecule is Cc1cc(/C=C/C(=O)C23CC4CC(CC(C4)C2)C3)c(C)s1. The lowest BCUT2D eigenvalue weighted by Crippen LogP contribution is -2.49. The minimum absolute atomic E-state index is 0.0181. The molecule has 0 saturated heterocycles. The first-order valence-corrected chi connectivity index (χ1v) is 9.15. The van der Waals surface area contributed by atoms with Crippen LogP contribution in [-0.2, 0) is 4.79 Å². The van der Waals surface area contributed by atoms with E-state index in [1.165, 1.54) is 53.8 Å². The molecule has 112 valence electrons. The van der Waals surface area contributed by atoms with Crippen LogP contribution < -0.4 is 0 Å². The van der Waals surface area contributed by atoms with Gasteiger partial charge in [0, 0.05) is 15.2 Å². The molecule has 0 aromatic carbocycles. The first kappa shape index (κ1) is 13.8. The van der Waals surface area contributed by atoms with E-state index in [0.29, 0.717) is 5.78 Å². The summed E-state index contributed by atoms with van der Waals surface area (Å²) in [5, 5.41) is 0. The van der Waals surface area contributed by atoms with Crippen LogP contribution in [0.3, 0.4) is 0 Å². The van der Waals surface area contributed by atoms with E-state index in [9.17, 15) is 4.79 Å². The molecule has 0 aliphatic heterocycles. The van der Waals surface area contributed by atoms with E-state index < -0.39 is 0 Å². The predicted molar refractivity (Wildman–Crippen MR) is 88.4 cm³/mol. The van der Waals surface area contributed by atoms with E-state index in [-0.39, 0.29) is 5.41 Å². The van der Waals surface area contributed by atoms with Gasteiger partial charge in [-0.3, -0.25) is 4.79 Å². The van der Waals surface area contributed by atoms with Crippen molar-refractivity contribution >= 4 is 23.2 Å². The van der Waals surface area contributed by atoms with Gasteiger partial charge in [0.1, 0.15) is 0 Å². The molecular weight excluding hydrogens is 276 g/mol. The van der Waals surface area contributed by atoms with Crippen LogP contribution in [0.4, 0.5) is 0 Å². The Morgan fingerprint density at radius 3 is 2.19 bits per heavy atom. The maximum absolute atomic E-state index is 12.9. The zero-order valence-corrected chi connectivity index (χ0v) is 13.8. The summed E-state index contributed by atoms with van der Waals surface area (Å²) in [6.45, 7) is 4.28. The van der Waals surface area contributed by atoms with Gasteiger partial charge in [0.05, 0.1) is 0 Å². The summed E-state index contributed by atoms with van der Waals surface area (Å²) in [5.41, 5.74) is 1.25. The zero-order valence-electron chi connectivity index (χ0n) is 13.0. The van der Waals surface area contributed by atoms with E-state index in [4.69, 9.17) is 0 Å². The normalized spacial score (nSPS) is 37.5. The first-order valence-electron chi connectivity index (χ1n) is 8.34. The molecule has 0 N–H and O–H groups in total. The molecule has 0 radical (unpaired) electrons. The van der Waals surface area contributed by atoms with Crippen molar-refractivity contribution in [2.75, 3.05) is 0 Å². The smallest absolute Gasteiger partial charge is 0.161 e. The Morgan fingerprint density at radius 1 is 1.14 bits per heavy atom. The van der Waals surface area contributed by atoms with Crippen molar-refractivity contribution in [3.8, 4) is 0 Å². The highest BCUT2D eigenvalue weighted by Gasteiger charge is 2.53. The third-order valence-electron chi connectivity index (χ3n) is 6.05. The number of ketones is 1. The van der Waals surface area contributed by atoms with Crippen LogP contribution in [-0.4, -0.2) is 5.78 Å². The lowest BCUT2D eigenvalue weighted by atomic mass is 9.48. The van der Waals surface area contributed by atoms with Crippen molar-refractivity contribution in [1.82, 2.24) is 0 Å². The van der Waals surface area contributed by atoms with Gasteiger partial charge < -0.3 is 0 Å². The van der Waals surface area contributed by atoms with Crippen molar-refractivity contribution in [2.45, 2.75) is 52.4 Å². The molecule has 1 heterocycles. The molecule has 1 nitrogen and oxygen atoms in total. The quantitative estimate of drug-likeness (QED) is 0.704. The topological polar surface area (TPSA) is 17.1 Å². The second-order valence-electron chi connectivity index (χ2n) is 7.76. The van der Waals surface area contributed by atoms with Gasteiger partial charge >= 0.3 is 0 Å². The highest BCUT2D eigenvalue weighted by Crippen LogP contribution is 2.60. The summed E-state index contributed by atoms with van der Waals surface area (Å²) in [6, 6.07) is 2.20. The molecule has 5 rings (SSSR count). The Labute approximate surface area is 131 Å². The van der Waals surface area contributed by atoms with Crippen LogP contribution in [0, 0.1) is 37.0 Å². The van der Waals surface area contributed by atoms with Crippen molar-refractivity contribution in [1.29, 1.82) is 0 Å². The molecule has 4 bridgehead atoms. The Balaban J connectivity index is 1.56. The fourth-order valence-corrected chi connectivity index (χ4v) is 6.48. The summed E-state index contributed by atoms with van der Waals surface area (Å²) in [7, 11) is 0. The Hall–Kier alpha value is -0.890. The van der Waals surface area contributed by atoms with Gasteiger partial charge in [-0.1, -0.05) is 6.08 Å². The third-order valence-corrected chi connectivity index (χ3v) is 7.04. The fourth-order valence-electron chi connectivity index (χ4n) is 5.57. The Kier molecular flexibility index (Phi) is 3.15. The van der Waals surface area contributed by atoms with Gasteiger partial charge in [0.25, 0.3) is 0 Å². The number of rotatable bonds is 3. The molecule has 2 heteroatoms. The minimum atomic E-state index is 0.0181. The molecule has 0 atom stereocenters. The summed E-state index contributed by atoms with van der Waals surface area (Å²) in [5.74, 6) is 2.96. The average molecular weight is 300 g/mol. The van der Waals surface area contributed by atoms with Crippen LogP contribution >= 0.6 is 11.3 Å². The number of carbonyl (C=O) groups excluding carboxylic acids is 1. The number of hydrogen-bond donors (Lipinski definition) is 0. The van der Waals surface area contributed by atoms with Crippen molar-refractivity contribution in [2.24, 2.45) is 23.2 Å². The summed E-state index contributed by atoms with van der Waals surface area (Å²) in [4.78, 5) is 15.6. The van der Waals surface area contributed by atoms with E-state index in [1.807, 2.05) is 17.4 Å². The number of hydrogen-bond acceptors (Lipinski definition) is 2. The molecule has 21 heavy (non-hydrogen) atoms. The second-order valence-corrected chi connectivity index (χ2v) is 9.22. The van der Waals surface area contributed by atoms with Crippen LogP contribution in [0.5, 0.6) is 0 Å². The largest absolute Gasteiger partial charge is 0.294 e. The van der Waals surface area contributed by atoms with Crippen LogP contribution in [0.15, 0.2) is 12.1 Å². The molecule has 1 aromatic rings. The molecule has 0 spiro atoms. The highest BCUT2D eigenvalue weighted by atomic mass is 32.1. The zero-order chi connectivity index (χ0) is 14.6. The highest BCUT2D eigenvalue weighted by molar-refractivity contribution is 7.12. The van der Waals surface area contributed by atoms with Crippen molar-refractivity contribution in [3.05, 3.63) is 27.5 Å². The maximum atomic E-state index is 12.9. The molecule has 1 aromatic heterocycles. The molecule has 0 unspecified atom stereocenters. The van der Waals surface area contributed by atoms with Crippen molar-refractivity contribution in [3.63, 3.8) is 0 Å². The predicted octanol–water partition coefficient (Wildman–Crippen LogP) is 5.16. The molecule has 4 aliphatic rings. The van der Waals surface area contributed by atoms with Gasteiger partial charge in [-0.05, 0) is 87.8 Å². The van der Waals surface area contributed by atoms with E-state index in [1.54, 1.807) is 0 Å². The molecule has 4 aliphatic carbocycles. The van der Waals surface area contributed by atoms with Gasteiger partial charge in [0.15, 0.2) is 5.78 Å². The number of thiophene rings is 1. The summed E-state index contributed by atoms with van der Waals surface area (Å²) in [6.07, 6.45) is 11.7. The number of carbonyl (C=O) groups is 1. The van der Waals surface area contributed by atoms with E-state index >= 15 is 0 Å². The maximum Gasteiger partial charge on any atom is 0.161 e. The van der Waals surface area contributed by atoms with Crippen LogP contribution in [0.1, 0.15) is 53.8 Å². The Bertz CT molecular complexity index is 572. The lowest BCUT2D eigenvalue weighted by molar-refractivity contribution is -0.138. The average Bonchev–Trinajstić information content (AvgIpc) is 2.72. The van der Waals surface area contributed by atoms with Gasteiger partial charge in [0.2, 0.25) is 0 Å². The van der Waals surface area contributed by atoms with Crippen molar-refractivity contribution < 1.29 is 4.79 Å². The fraction of sp³-hybridized carbons (Fsp3) is 0.632. The van der Waals surface area contributed by atoms with Crippen LogP contribution in [0.2, 0.25) is 0 Å². The number of aryl methyl sites for hydroxylation is 2. The van der Waals surface area contributed by atoms with Gasteiger partial charge in [-0.2, -0.15) is 0 Å². The summed E-state index contributed by atoms with van der Waals surface area (Å²) < 4.78 is 0. The molecule has 0 amide bonds. The first-order chi connectivity index (χ1) is 10.0. The second kappa shape index (κ2) is 4.81. The molecule has 4 saturated carbocycles. The monoisotopic (exact) mass is 300 g/mol. The Morgan fingerprint density at radius 2 is 1.71 bits per heavy atom. The molecule has 4 fully saturated rings. The van der Waals surface area contributed by atoms with E-state index in [0.717, 1.165) is 17.8 Å².